The Balaban J connectivity index is 2.34. The summed E-state index contributed by atoms with van der Waals surface area (Å²) >= 11 is 0. The Morgan fingerprint density at radius 2 is 2.00 bits per heavy atom. The lowest BCUT2D eigenvalue weighted by Crippen LogP contribution is -2.40. The Morgan fingerprint density at radius 3 is 2.61 bits per heavy atom. The summed E-state index contributed by atoms with van der Waals surface area (Å²) in [5, 5.41) is 0. The van der Waals surface area contributed by atoms with Gasteiger partial charge in [-0.3, -0.25) is 0 Å². The number of ether oxygens (including phenoxy) is 1. The Bertz CT molecular complexity index is 527. The third-order valence-corrected chi connectivity index (χ3v) is 4.74. The highest BCUT2D eigenvalue weighted by molar-refractivity contribution is 7.89. The second-order valence-corrected chi connectivity index (χ2v) is 5.91. The summed E-state index contributed by atoms with van der Waals surface area (Å²) in [5.74, 6) is -0.488. The predicted octanol–water partition coefficient (Wildman–Crippen LogP) is 0.305. The largest absolute Gasteiger partial charge is 0.379 e. The first-order chi connectivity index (χ1) is 8.55. The number of nitrogens with two attached hydrogens (primary N) is 1. The van der Waals surface area contributed by atoms with Crippen LogP contribution < -0.4 is 5.73 Å². The Hall–Kier alpha value is -1.02. The van der Waals surface area contributed by atoms with E-state index in [-0.39, 0.29) is 17.0 Å². The molecule has 1 aromatic rings. The molecule has 1 saturated heterocycles. The number of halogens is 1. The molecule has 18 heavy (non-hydrogen) atoms. The number of benzene rings is 1. The molecule has 0 aliphatic carbocycles. The molecule has 1 fully saturated rings. The highest BCUT2D eigenvalue weighted by Crippen LogP contribution is 2.19. The number of nitrogens with zero attached hydrogens (tertiary/aromatic N) is 1. The molecule has 100 valence electrons. The zero-order valence-corrected chi connectivity index (χ0v) is 10.6. The Kier molecular flexibility index (Phi) is 3.96. The summed E-state index contributed by atoms with van der Waals surface area (Å²) in [6.45, 7) is 1.36. The molecule has 0 unspecified atom stereocenters. The molecular weight excluding hydrogens is 259 g/mol. The van der Waals surface area contributed by atoms with Crippen molar-refractivity contribution in [3.8, 4) is 0 Å². The van der Waals surface area contributed by atoms with E-state index in [2.05, 4.69) is 0 Å². The molecule has 0 aromatic heterocycles. The highest BCUT2D eigenvalue weighted by atomic mass is 32.2. The van der Waals surface area contributed by atoms with Gasteiger partial charge in [0.05, 0.1) is 18.1 Å². The number of sulfonamides is 1. The van der Waals surface area contributed by atoms with Crippen molar-refractivity contribution < 1.29 is 17.5 Å². The van der Waals surface area contributed by atoms with Crippen molar-refractivity contribution in [3.05, 3.63) is 29.6 Å². The number of morpholine rings is 1. The van der Waals surface area contributed by atoms with Crippen molar-refractivity contribution in [1.29, 1.82) is 0 Å². The first kappa shape index (κ1) is 13.4. The van der Waals surface area contributed by atoms with E-state index in [0.29, 0.717) is 26.3 Å². The van der Waals surface area contributed by atoms with Crippen LogP contribution >= 0.6 is 0 Å². The average Bonchev–Trinajstić information content (AvgIpc) is 2.40. The van der Waals surface area contributed by atoms with Gasteiger partial charge in [-0.1, -0.05) is 0 Å². The molecule has 1 aliphatic rings. The normalized spacial score (nSPS) is 17.9. The first-order valence-electron chi connectivity index (χ1n) is 5.62. The van der Waals surface area contributed by atoms with Crippen molar-refractivity contribution in [3.63, 3.8) is 0 Å². The average molecular weight is 274 g/mol. The molecule has 1 aromatic carbocycles. The van der Waals surface area contributed by atoms with Crippen molar-refractivity contribution in [1.82, 2.24) is 4.31 Å². The minimum atomic E-state index is -3.58. The topological polar surface area (TPSA) is 72.6 Å². The second-order valence-electron chi connectivity index (χ2n) is 3.97. The van der Waals surface area contributed by atoms with E-state index in [9.17, 15) is 12.8 Å². The molecule has 1 heterocycles. The van der Waals surface area contributed by atoms with E-state index >= 15 is 0 Å². The molecule has 0 amide bonds. The summed E-state index contributed by atoms with van der Waals surface area (Å²) in [6, 6.07) is 3.69. The second kappa shape index (κ2) is 5.31. The molecule has 0 saturated carbocycles. The molecule has 0 spiro atoms. The molecule has 0 bridgehead atoms. The van der Waals surface area contributed by atoms with Crippen molar-refractivity contribution in [2.75, 3.05) is 26.3 Å². The van der Waals surface area contributed by atoms with Crippen LogP contribution in [0.5, 0.6) is 0 Å². The number of hydrogen-bond donors (Lipinski definition) is 1. The highest BCUT2D eigenvalue weighted by Gasteiger charge is 2.26. The first-order valence-corrected chi connectivity index (χ1v) is 7.06. The molecule has 1 aliphatic heterocycles. The van der Waals surface area contributed by atoms with E-state index in [4.69, 9.17) is 10.5 Å². The quantitative estimate of drug-likeness (QED) is 0.860. The van der Waals surface area contributed by atoms with Gasteiger partial charge in [-0.15, -0.1) is 0 Å². The van der Waals surface area contributed by atoms with Crippen LogP contribution in [0.15, 0.2) is 23.1 Å². The smallest absolute Gasteiger partial charge is 0.243 e. The molecule has 2 N–H and O–H groups in total. The van der Waals surface area contributed by atoms with Gasteiger partial charge in [-0.25, -0.2) is 12.8 Å². The van der Waals surface area contributed by atoms with Crippen LogP contribution in [-0.2, 0) is 21.3 Å². The van der Waals surface area contributed by atoms with Gasteiger partial charge < -0.3 is 10.5 Å². The van der Waals surface area contributed by atoms with Crippen LogP contribution in [0, 0.1) is 5.82 Å². The van der Waals surface area contributed by atoms with Gasteiger partial charge in [0.1, 0.15) is 5.82 Å². The van der Waals surface area contributed by atoms with Crippen molar-refractivity contribution >= 4 is 10.0 Å². The maximum absolute atomic E-state index is 13.3. The summed E-state index contributed by atoms with van der Waals surface area (Å²) in [7, 11) is -3.58. The third-order valence-electron chi connectivity index (χ3n) is 2.84. The summed E-state index contributed by atoms with van der Waals surface area (Å²) in [5.41, 5.74) is 5.57. The lowest BCUT2D eigenvalue weighted by atomic mass is 10.2. The molecule has 0 atom stereocenters. The Labute approximate surface area is 105 Å². The van der Waals surface area contributed by atoms with Crippen LogP contribution in [0.25, 0.3) is 0 Å². The fraction of sp³-hybridized carbons (Fsp3) is 0.455. The van der Waals surface area contributed by atoms with E-state index in [1.165, 1.54) is 16.4 Å². The van der Waals surface area contributed by atoms with E-state index in [1.807, 2.05) is 0 Å². The van der Waals surface area contributed by atoms with Crippen LogP contribution in [0.4, 0.5) is 4.39 Å². The SMILES string of the molecule is NCc1cc(S(=O)(=O)N2CCOCC2)ccc1F. The van der Waals surface area contributed by atoms with Gasteiger partial charge in [0.25, 0.3) is 0 Å². The zero-order chi connectivity index (χ0) is 13.2. The van der Waals surface area contributed by atoms with Gasteiger partial charge in [0, 0.05) is 25.2 Å². The fourth-order valence-corrected chi connectivity index (χ4v) is 3.26. The van der Waals surface area contributed by atoms with E-state index in [0.717, 1.165) is 6.07 Å². The van der Waals surface area contributed by atoms with Gasteiger partial charge in [-0.05, 0) is 18.2 Å². The van der Waals surface area contributed by atoms with E-state index in [1.54, 1.807) is 0 Å². The van der Waals surface area contributed by atoms with Crippen LogP contribution in [0.3, 0.4) is 0 Å². The predicted molar refractivity (Wildman–Crippen MR) is 63.9 cm³/mol. The van der Waals surface area contributed by atoms with Gasteiger partial charge in [0.2, 0.25) is 10.0 Å². The number of rotatable bonds is 3. The maximum atomic E-state index is 13.3. The molecule has 2 rings (SSSR count). The van der Waals surface area contributed by atoms with Crippen molar-refractivity contribution in [2.24, 2.45) is 5.73 Å². The lowest BCUT2D eigenvalue weighted by Gasteiger charge is -2.26. The molecule has 7 heteroatoms. The zero-order valence-electron chi connectivity index (χ0n) is 9.80. The molecular formula is C11H15FN2O3S. The standard InChI is InChI=1S/C11H15FN2O3S/c12-11-2-1-10(7-9(11)8-13)18(15,16)14-3-5-17-6-4-14/h1-2,7H,3-6,8,13H2. The van der Waals surface area contributed by atoms with Gasteiger partial charge >= 0.3 is 0 Å². The van der Waals surface area contributed by atoms with Crippen LogP contribution in [-0.4, -0.2) is 39.0 Å². The fourth-order valence-electron chi connectivity index (χ4n) is 1.80. The minimum absolute atomic E-state index is 0.0295. The maximum Gasteiger partial charge on any atom is 0.243 e. The molecule has 0 radical (unpaired) electrons. The summed E-state index contributed by atoms with van der Waals surface area (Å²) in [6.07, 6.45) is 0. The lowest BCUT2D eigenvalue weighted by molar-refractivity contribution is 0.0730. The summed E-state index contributed by atoms with van der Waals surface area (Å²) < 4.78 is 44.3. The van der Waals surface area contributed by atoms with E-state index < -0.39 is 15.8 Å². The monoisotopic (exact) mass is 274 g/mol. The van der Waals surface area contributed by atoms with Crippen molar-refractivity contribution in [2.45, 2.75) is 11.4 Å². The van der Waals surface area contributed by atoms with Gasteiger partial charge in [-0.2, -0.15) is 4.31 Å². The Morgan fingerprint density at radius 1 is 1.33 bits per heavy atom. The third kappa shape index (κ3) is 2.54. The van der Waals surface area contributed by atoms with Crippen LogP contribution in [0.1, 0.15) is 5.56 Å². The van der Waals surface area contributed by atoms with Crippen LogP contribution in [0.2, 0.25) is 0 Å². The summed E-state index contributed by atoms with van der Waals surface area (Å²) in [4.78, 5) is 0.0752. The number of hydrogen-bond acceptors (Lipinski definition) is 4. The molecule has 5 nitrogen and oxygen atoms in total. The minimum Gasteiger partial charge on any atom is -0.379 e. The van der Waals surface area contributed by atoms with Gasteiger partial charge in [0.15, 0.2) is 0 Å².